The molecule has 19 heavy (non-hydrogen) atoms. The SMILES string of the molecule is CC(C)Cc1cccc(C(O)c2ccccc2I)c1. The van der Waals surface area contributed by atoms with Gasteiger partial charge < -0.3 is 5.11 Å². The molecule has 1 N–H and O–H groups in total. The molecule has 0 aliphatic carbocycles. The van der Waals surface area contributed by atoms with Crippen molar-refractivity contribution in [2.24, 2.45) is 5.92 Å². The third-order valence-electron chi connectivity index (χ3n) is 3.11. The monoisotopic (exact) mass is 366 g/mol. The average molecular weight is 366 g/mol. The van der Waals surface area contributed by atoms with Gasteiger partial charge in [0.25, 0.3) is 0 Å². The minimum absolute atomic E-state index is 0.541. The van der Waals surface area contributed by atoms with Gasteiger partial charge in [-0.2, -0.15) is 0 Å². The summed E-state index contributed by atoms with van der Waals surface area (Å²) in [6.07, 6.45) is 0.507. The Labute approximate surface area is 128 Å². The molecule has 1 unspecified atom stereocenters. The average Bonchev–Trinajstić information content (AvgIpc) is 2.38. The Kier molecular flexibility index (Phi) is 4.99. The van der Waals surface area contributed by atoms with Crippen LogP contribution in [0.25, 0.3) is 0 Å². The molecule has 0 aliphatic heterocycles. The lowest BCUT2D eigenvalue weighted by Crippen LogP contribution is -2.03. The van der Waals surface area contributed by atoms with Gasteiger partial charge in [0.15, 0.2) is 0 Å². The topological polar surface area (TPSA) is 20.2 Å². The quantitative estimate of drug-likeness (QED) is 0.786. The lowest BCUT2D eigenvalue weighted by atomic mass is 9.96. The number of rotatable bonds is 4. The highest BCUT2D eigenvalue weighted by Gasteiger charge is 2.13. The third-order valence-corrected chi connectivity index (χ3v) is 4.09. The third kappa shape index (κ3) is 3.80. The highest BCUT2D eigenvalue weighted by Crippen LogP contribution is 2.26. The van der Waals surface area contributed by atoms with E-state index in [1.54, 1.807) is 0 Å². The molecule has 0 radical (unpaired) electrons. The van der Waals surface area contributed by atoms with Crippen molar-refractivity contribution in [3.63, 3.8) is 0 Å². The van der Waals surface area contributed by atoms with Gasteiger partial charge in [-0.05, 0) is 57.7 Å². The number of aliphatic hydroxyl groups is 1. The van der Waals surface area contributed by atoms with Crippen LogP contribution in [0.15, 0.2) is 48.5 Å². The van der Waals surface area contributed by atoms with Crippen molar-refractivity contribution in [3.8, 4) is 0 Å². The predicted octanol–water partition coefficient (Wildman–Crippen LogP) is 4.57. The first-order valence-corrected chi connectivity index (χ1v) is 7.67. The molecule has 0 spiro atoms. The van der Waals surface area contributed by atoms with Crippen LogP contribution >= 0.6 is 22.6 Å². The van der Waals surface area contributed by atoms with Gasteiger partial charge in [0, 0.05) is 3.57 Å². The van der Waals surface area contributed by atoms with Crippen LogP contribution in [-0.2, 0) is 6.42 Å². The highest BCUT2D eigenvalue weighted by atomic mass is 127. The van der Waals surface area contributed by atoms with E-state index in [1.807, 2.05) is 36.4 Å². The lowest BCUT2D eigenvalue weighted by molar-refractivity contribution is 0.219. The fourth-order valence-corrected chi connectivity index (χ4v) is 2.92. The second kappa shape index (κ2) is 6.53. The molecule has 0 aromatic heterocycles. The molecule has 0 saturated carbocycles. The zero-order chi connectivity index (χ0) is 13.8. The number of hydrogen-bond donors (Lipinski definition) is 1. The van der Waals surface area contributed by atoms with Crippen LogP contribution in [0.5, 0.6) is 0 Å². The first-order chi connectivity index (χ1) is 9.08. The van der Waals surface area contributed by atoms with Crippen molar-refractivity contribution in [1.29, 1.82) is 0 Å². The molecule has 0 fully saturated rings. The zero-order valence-electron chi connectivity index (χ0n) is 11.3. The van der Waals surface area contributed by atoms with E-state index in [0.29, 0.717) is 5.92 Å². The van der Waals surface area contributed by atoms with Gasteiger partial charge in [-0.25, -0.2) is 0 Å². The lowest BCUT2D eigenvalue weighted by Gasteiger charge is -2.15. The van der Waals surface area contributed by atoms with E-state index in [0.717, 1.165) is 21.1 Å². The molecule has 2 rings (SSSR count). The van der Waals surface area contributed by atoms with E-state index in [1.165, 1.54) is 5.56 Å². The summed E-state index contributed by atoms with van der Waals surface area (Å²) in [6, 6.07) is 16.3. The molecule has 1 atom stereocenters. The van der Waals surface area contributed by atoms with Gasteiger partial charge >= 0.3 is 0 Å². The van der Waals surface area contributed by atoms with Crippen molar-refractivity contribution in [2.45, 2.75) is 26.4 Å². The minimum atomic E-state index is -0.541. The molecule has 100 valence electrons. The Morgan fingerprint density at radius 2 is 1.79 bits per heavy atom. The Bertz CT molecular complexity index is 548. The standard InChI is InChI=1S/C17H19IO/c1-12(2)10-13-6-5-7-14(11-13)17(19)15-8-3-4-9-16(15)18/h3-9,11-12,17,19H,10H2,1-2H3. The van der Waals surface area contributed by atoms with Gasteiger partial charge in [-0.3, -0.25) is 0 Å². The van der Waals surface area contributed by atoms with Crippen molar-refractivity contribution < 1.29 is 5.11 Å². The summed E-state index contributed by atoms with van der Waals surface area (Å²) in [4.78, 5) is 0. The molecule has 0 heterocycles. The maximum Gasteiger partial charge on any atom is 0.105 e. The van der Waals surface area contributed by atoms with Crippen LogP contribution < -0.4 is 0 Å². The highest BCUT2D eigenvalue weighted by molar-refractivity contribution is 14.1. The maximum absolute atomic E-state index is 10.5. The van der Waals surface area contributed by atoms with Crippen LogP contribution in [0, 0.1) is 9.49 Å². The molecule has 2 aromatic carbocycles. The Morgan fingerprint density at radius 1 is 1.05 bits per heavy atom. The fraction of sp³-hybridized carbons (Fsp3) is 0.294. The fourth-order valence-electron chi connectivity index (χ4n) is 2.24. The number of halogens is 1. The number of hydrogen-bond acceptors (Lipinski definition) is 1. The van der Waals surface area contributed by atoms with Gasteiger partial charge in [-0.15, -0.1) is 0 Å². The van der Waals surface area contributed by atoms with E-state index in [9.17, 15) is 5.11 Å². The largest absolute Gasteiger partial charge is 0.384 e. The van der Waals surface area contributed by atoms with Crippen molar-refractivity contribution in [1.82, 2.24) is 0 Å². The number of aliphatic hydroxyl groups excluding tert-OH is 1. The second-order valence-corrected chi connectivity index (χ2v) is 6.43. The maximum atomic E-state index is 10.5. The summed E-state index contributed by atoms with van der Waals surface area (Å²) >= 11 is 2.27. The summed E-state index contributed by atoms with van der Waals surface area (Å²) in [7, 11) is 0. The zero-order valence-corrected chi connectivity index (χ0v) is 13.5. The Balaban J connectivity index is 2.29. The van der Waals surface area contributed by atoms with E-state index in [4.69, 9.17) is 0 Å². The van der Waals surface area contributed by atoms with Gasteiger partial charge in [0.2, 0.25) is 0 Å². The molecule has 0 saturated heterocycles. The van der Waals surface area contributed by atoms with Gasteiger partial charge in [0.05, 0.1) is 0 Å². The molecule has 2 heteroatoms. The Hall–Kier alpha value is -0.870. The molecular weight excluding hydrogens is 347 g/mol. The van der Waals surface area contributed by atoms with E-state index >= 15 is 0 Å². The molecular formula is C17H19IO. The van der Waals surface area contributed by atoms with Crippen molar-refractivity contribution in [2.75, 3.05) is 0 Å². The molecule has 0 bridgehead atoms. The predicted molar refractivity (Wildman–Crippen MR) is 88.2 cm³/mol. The molecule has 0 amide bonds. The van der Waals surface area contributed by atoms with Crippen LogP contribution in [0.2, 0.25) is 0 Å². The van der Waals surface area contributed by atoms with E-state index in [-0.39, 0.29) is 0 Å². The van der Waals surface area contributed by atoms with E-state index in [2.05, 4.69) is 48.6 Å². The first kappa shape index (κ1) is 14.5. The van der Waals surface area contributed by atoms with Crippen LogP contribution in [0.1, 0.15) is 36.6 Å². The first-order valence-electron chi connectivity index (χ1n) is 6.59. The second-order valence-electron chi connectivity index (χ2n) is 5.27. The van der Waals surface area contributed by atoms with Gasteiger partial charge in [-0.1, -0.05) is 56.3 Å². The van der Waals surface area contributed by atoms with E-state index < -0.39 is 6.10 Å². The van der Waals surface area contributed by atoms with Crippen LogP contribution in [-0.4, -0.2) is 5.11 Å². The molecule has 1 nitrogen and oxygen atoms in total. The van der Waals surface area contributed by atoms with Crippen molar-refractivity contribution >= 4 is 22.6 Å². The summed E-state index contributed by atoms with van der Waals surface area (Å²) in [5.41, 5.74) is 3.24. The minimum Gasteiger partial charge on any atom is -0.384 e. The molecule has 2 aromatic rings. The number of benzene rings is 2. The van der Waals surface area contributed by atoms with Crippen LogP contribution in [0.4, 0.5) is 0 Å². The van der Waals surface area contributed by atoms with Gasteiger partial charge in [0.1, 0.15) is 6.10 Å². The smallest absolute Gasteiger partial charge is 0.105 e. The molecule has 0 aliphatic rings. The summed E-state index contributed by atoms with van der Waals surface area (Å²) in [6.45, 7) is 4.42. The van der Waals surface area contributed by atoms with Crippen molar-refractivity contribution in [3.05, 3.63) is 68.8 Å². The Morgan fingerprint density at radius 3 is 2.47 bits per heavy atom. The summed E-state index contributed by atoms with van der Waals surface area (Å²) < 4.78 is 1.10. The summed E-state index contributed by atoms with van der Waals surface area (Å²) in [5.74, 6) is 0.629. The summed E-state index contributed by atoms with van der Waals surface area (Å²) in [5, 5.41) is 10.5. The van der Waals surface area contributed by atoms with Crippen LogP contribution in [0.3, 0.4) is 0 Å². The normalized spacial score (nSPS) is 12.7.